The van der Waals surface area contributed by atoms with Crippen LogP contribution in [0, 0.1) is 27.7 Å². The van der Waals surface area contributed by atoms with Gasteiger partial charge in [-0.15, -0.1) is 16.4 Å². The van der Waals surface area contributed by atoms with Crippen molar-refractivity contribution in [3.8, 4) is 0 Å². The largest absolute Gasteiger partial charge is 0.339 e. The van der Waals surface area contributed by atoms with Crippen molar-refractivity contribution in [2.75, 3.05) is 5.32 Å². The lowest BCUT2D eigenvalue weighted by Crippen LogP contribution is -2.07. The van der Waals surface area contributed by atoms with Gasteiger partial charge in [-0.2, -0.15) is 4.52 Å². The SMILES string of the molecule is Cc1ccc(Nc2nc3c(S(=O)(=O)c4cc(C)ccc4C)nnn3c3ccsc23)c(C)c1. The Kier molecular flexibility index (Phi) is 4.75. The summed E-state index contributed by atoms with van der Waals surface area (Å²) in [7, 11) is -3.91. The van der Waals surface area contributed by atoms with Crippen molar-refractivity contribution in [3.63, 3.8) is 0 Å². The fraction of sp³-hybridized carbons (Fsp3) is 0.174. The number of nitrogens with zero attached hydrogens (tertiary/aromatic N) is 4. The Hall–Kier alpha value is -3.30. The fourth-order valence-corrected chi connectivity index (χ4v) is 6.14. The number of thiophene rings is 1. The molecule has 3 heterocycles. The molecule has 0 saturated carbocycles. The van der Waals surface area contributed by atoms with E-state index in [2.05, 4.69) is 21.7 Å². The third-order valence-electron chi connectivity index (χ3n) is 5.44. The van der Waals surface area contributed by atoms with Crippen LogP contribution in [0.4, 0.5) is 11.5 Å². The van der Waals surface area contributed by atoms with Crippen LogP contribution in [-0.4, -0.2) is 28.2 Å². The molecule has 0 atom stereocenters. The Balaban J connectivity index is 1.73. The average molecular weight is 464 g/mol. The molecule has 9 heteroatoms. The highest BCUT2D eigenvalue weighted by Crippen LogP contribution is 2.34. The molecule has 0 aliphatic rings. The van der Waals surface area contributed by atoms with E-state index in [0.717, 1.165) is 27.0 Å². The molecule has 32 heavy (non-hydrogen) atoms. The summed E-state index contributed by atoms with van der Waals surface area (Å²) >= 11 is 1.51. The standard InChI is InChI=1S/C23H21N5O2S2/c1-13-6-8-17(16(4)11-13)24-21-20-18(9-10-31-20)28-22(25-21)23(26-27-28)32(29,30)19-12-14(2)5-7-15(19)3/h5-12H,1-4H3,(H,24,25). The van der Waals surface area contributed by atoms with E-state index in [4.69, 9.17) is 4.98 Å². The van der Waals surface area contributed by atoms with Gasteiger partial charge in [-0.1, -0.05) is 35.0 Å². The lowest BCUT2D eigenvalue weighted by atomic mass is 10.1. The van der Waals surface area contributed by atoms with E-state index in [0.29, 0.717) is 11.4 Å². The van der Waals surface area contributed by atoms with E-state index in [9.17, 15) is 8.42 Å². The van der Waals surface area contributed by atoms with Gasteiger partial charge in [0.1, 0.15) is 0 Å². The molecule has 5 aromatic rings. The molecule has 3 aromatic heterocycles. The average Bonchev–Trinajstić information content (AvgIpc) is 3.39. The molecule has 162 valence electrons. The van der Waals surface area contributed by atoms with Gasteiger partial charge in [-0.3, -0.25) is 0 Å². The van der Waals surface area contributed by atoms with Crippen LogP contribution >= 0.6 is 11.3 Å². The molecule has 0 aliphatic carbocycles. The normalized spacial score (nSPS) is 12.0. The second-order valence-corrected chi connectivity index (χ2v) is 10.7. The summed E-state index contributed by atoms with van der Waals surface area (Å²) in [5, 5.41) is 13.4. The lowest BCUT2D eigenvalue weighted by molar-refractivity contribution is 0.592. The van der Waals surface area contributed by atoms with Crippen molar-refractivity contribution in [1.82, 2.24) is 19.8 Å². The van der Waals surface area contributed by atoms with Crippen LogP contribution in [-0.2, 0) is 9.84 Å². The second-order valence-electron chi connectivity index (χ2n) is 7.94. The summed E-state index contributed by atoms with van der Waals surface area (Å²) in [5.41, 5.74) is 5.61. The molecule has 0 bridgehead atoms. The van der Waals surface area contributed by atoms with E-state index >= 15 is 0 Å². The molecule has 0 radical (unpaired) electrons. The van der Waals surface area contributed by atoms with Gasteiger partial charge in [0.05, 0.1) is 15.1 Å². The minimum atomic E-state index is -3.91. The lowest BCUT2D eigenvalue weighted by Gasteiger charge is -2.11. The minimum Gasteiger partial charge on any atom is -0.339 e. The van der Waals surface area contributed by atoms with Gasteiger partial charge in [0.2, 0.25) is 14.9 Å². The Morgan fingerprint density at radius 3 is 2.47 bits per heavy atom. The second kappa shape index (κ2) is 7.39. The van der Waals surface area contributed by atoms with Gasteiger partial charge in [0.15, 0.2) is 11.5 Å². The summed E-state index contributed by atoms with van der Waals surface area (Å²) in [5.74, 6) is 0.578. The summed E-state index contributed by atoms with van der Waals surface area (Å²) in [6.07, 6.45) is 0. The highest BCUT2D eigenvalue weighted by Gasteiger charge is 2.29. The van der Waals surface area contributed by atoms with Gasteiger partial charge < -0.3 is 5.32 Å². The number of sulfone groups is 1. The fourth-order valence-electron chi connectivity index (χ4n) is 3.76. The van der Waals surface area contributed by atoms with Crippen LogP contribution < -0.4 is 5.32 Å². The maximum atomic E-state index is 13.5. The van der Waals surface area contributed by atoms with Crippen LogP contribution in [0.3, 0.4) is 0 Å². The van der Waals surface area contributed by atoms with Crippen LogP contribution in [0.1, 0.15) is 22.3 Å². The first kappa shape index (κ1) is 20.6. The first-order chi connectivity index (χ1) is 15.3. The first-order valence-electron chi connectivity index (χ1n) is 10.0. The van der Waals surface area contributed by atoms with Gasteiger partial charge in [-0.05, 0) is 68.0 Å². The number of benzene rings is 2. The van der Waals surface area contributed by atoms with E-state index in [1.807, 2.05) is 50.4 Å². The molecule has 0 amide bonds. The Morgan fingerprint density at radius 2 is 1.69 bits per heavy atom. The van der Waals surface area contributed by atoms with Crippen LogP contribution in [0.5, 0.6) is 0 Å². The van der Waals surface area contributed by atoms with Crippen molar-refractivity contribution in [3.05, 3.63) is 70.1 Å². The third kappa shape index (κ3) is 3.25. The van der Waals surface area contributed by atoms with Crippen molar-refractivity contribution >= 4 is 48.5 Å². The number of fused-ring (bicyclic) bond motifs is 3. The zero-order valence-electron chi connectivity index (χ0n) is 18.0. The highest BCUT2D eigenvalue weighted by atomic mass is 32.2. The summed E-state index contributed by atoms with van der Waals surface area (Å²) < 4.78 is 29.5. The summed E-state index contributed by atoms with van der Waals surface area (Å²) in [4.78, 5) is 4.91. The first-order valence-corrected chi connectivity index (χ1v) is 12.4. The smallest absolute Gasteiger partial charge is 0.229 e. The van der Waals surface area contributed by atoms with Gasteiger partial charge in [0.25, 0.3) is 0 Å². The quantitative estimate of drug-likeness (QED) is 0.397. The molecule has 2 aromatic carbocycles. The predicted molar refractivity (Wildman–Crippen MR) is 127 cm³/mol. The topological polar surface area (TPSA) is 89.2 Å². The Bertz CT molecular complexity index is 1620. The molecule has 1 N–H and O–H groups in total. The number of hydrogen-bond acceptors (Lipinski definition) is 7. The molecule has 0 aliphatic heterocycles. The summed E-state index contributed by atoms with van der Waals surface area (Å²) in [6.45, 7) is 7.70. The van der Waals surface area contributed by atoms with Crippen molar-refractivity contribution in [2.45, 2.75) is 37.6 Å². The Labute approximate surface area is 189 Å². The van der Waals surface area contributed by atoms with Gasteiger partial charge in [0, 0.05) is 5.69 Å². The number of nitrogens with one attached hydrogen (secondary N) is 1. The van der Waals surface area contributed by atoms with Crippen molar-refractivity contribution in [2.24, 2.45) is 0 Å². The molecule has 0 spiro atoms. The number of hydrogen-bond donors (Lipinski definition) is 1. The Morgan fingerprint density at radius 1 is 0.938 bits per heavy atom. The van der Waals surface area contributed by atoms with Crippen molar-refractivity contribution in [1.29, 1.82) is 0 Å². The van der Waals surface area contributed by atoms with Gasteiger partial charge >= 0.3 is 0 Å². The van der Waals surface area contributed by atoms with Gasteiger partial charge in [-0.25, -0.2) is 13.4 Å². The zero-order valence-corrected chi connectivity index (χ0v) is 19.7. The third-order valence-corrected chi connectivity index (χ3v) is 8.15. The maximum absolute atomic E-state index is 13.5. The highest BCUT2D eigenvalue weighted by molar-refractivity contribution is 7.91. The van der Waals surface area contributed by atoms with Crippen molar-refractivity contribution < 1.29 is 8.42 Å². The minimum absolute atomic E-state index is 0.150. The molecular weight excluding hydrogens is 442 g/mol. The number of aryl methyl sites for hydroxylation is 4. The van der Waals surface area contributed by atoms with E-state index in [1.54, 1.807) is 19.1 Å². The summed E-state index contributed by atoms with van der Waals surface area (Å²) in [6, 6.07) is 13.3. The molecule has 7 nitrogen and oxygen atoms in total. The molecule has 5 rings (SSSR count). The molecule has 0 unspecified atom stereocenters. The molecule has 0 saturated heterocycles. The van der Waals surface area contributed by atoms with Crippen LogP contribution in [0.25, 0.3) is 15.9 Å². The van der Waals surface area contributed by atoms with Crippen LogP contribution in [0.15, 0.2) is 57.8 Å². The van der Waals surface area contributed by atoms with E-state index < -0.39 is 9.84 Å². The number of aromatic nitrogens is 4. The maximum Gasteiger partial charge on any atom is 0.229 e. The van der Waals surface area contributed by atoms with E-state index in [1.165, 1.54) is 21.4 Å². The van der Waals surface area contributed by atoms with E-state index in [-0.39, 0.29) is 15.6 Å². The van der Waals surface area contributed by atoms with Crippen LogP contribution in [0.2, 0.25) is 0 Å². The predicted octanol–water partition coefficient (Wildman–Crippen LogP) is 5.15. The molecule has 0 fully saturated rings. The molecular formula is C23H21N5O2S2. The monoisotopic (exact) mass is 463 g/mol. The number of anilines is 2. The number of rotatable bonds is 4. The zero-order chi connectivity index (χ0) is 22.6.